The van der Waals surface area contributed by atoms with Crippen LogP contribution in [0, 0.1) is 6.92 Å². The van der Waals surface area contributed by atoms with E-state index in [0.717, 1.165) is 17.1 Å². The summed E-state index contributed by atoms with van der Waals surface area (Å²) in [6, 6.07) is 5.87. The van der Waals surface area contributed by atoms with E-state index in [1.54, 1.807) is 14.2 Å². The van der Waals surface area contributed by atoms with Gasteiger partial charge in [0.15, 0.2) is 11.5 Å². The Kier molecular flexibility index (Phi) is 4.43. The number of ether oxygens (including phenoxy) is 3. The minimum atomic E-state index is 0.0200. The number of benzene rings is 1. The Labute approximate surface area is 91.0 Å². The van der Waals surface area contributed by atoms with Crippen LogP contribution in [0.2, 0.25) is 0 Å². The van der Waals surface area contributed by atoms with E-state index >= 15 is 0 Å². The number of aryl methyl sites for hydroxylation is 1. The molecule has 1 rings (SSSR count). The predicted octanol–water partition coefficient (Wildman–Crippen LogP) is 2.42. The highest BCUT2D eigenvalue weighted by Crippen LogP contribution is 2.28. The maximum atomic E-state index is 5.68. The molecule has 0 aliphatic rings. The normalized spacial score (nSPS) is 12.3. The third kappa shape index (κ3) is 3.44. The van der Waals surface area contributed by atoms with Crippen molar-refractivity contribution in [3.8, 4) is 11.5 Å². The molecule has 0 heterocycles. The summed E-state index contributed by atoms with van der Waals surface area (Å²) in [7, 11) is 3.30. The molecule has 0 N–H and O–H groups in total. The monoisotopic (exact) mass is 210 g/mol. The molecule has 0 unspecified atom stereocenters. The maximum absolute atomic E-state index is 5.68. The lowest BCUT2D eigenvalue weighted by Gasteiger charge is -2.16. The summed E-state index contributed by atoms with van der Waals surface area (Å²) < 4.78 is 15.9. The Morgan fingerprint density at radius 1 is 1.20 bits per heavy atom. The van der Waals surface area contributed by atoms with Crippen LogP contribution in [0.1, 0.15) is 12.5 Å². The first-order valence-corrected chi connectivity index (χ1v) is 4.97. The molecule has 0 bridgehead atoms. The average Bonchev–Trinajstić information content (AvgIpc) is 2.21. The SMILES string of the molecule is COC[C@@H](C)Oc1ccc(C)cc1OC. The zero-order valence-electron chi connectivity index (χ0n) is 9.74. The van der Waals surface area contributed by atoms with E-state index in [9.17, 15) is 0 Å². The molecular weight excluding hydrogens is 192 g/mol. The molecule has 15 heavy (non-hydrogen) atoms. The van der Waals surface area contributed by atoms with Crippen LogP contribution < -0.4 is 9.47 Å². The molecule has 0 fully saturated rings. The second kappa shape index (κ2) is 5.61. The summed E-state index contributed by atoms with van der Waals surface area (Å²) in [5, 5.41) is 0. The molecule has 1 atom stereocenters. The van der Waals surface area contributed by atoms with Gasteiger partial charge in [0.25, 0.3) is 0 Å². The third-order valence-electron chi connectivity index (χ3n) is 2.05. The molecule has 1 aromatic rings. The van der Waals surface area contributed by atoms with Crippen molar-refractivity contribution in [3.63, 3.8) is 0 Å². The van der Waals surface area contributed by atoms with Crippen LogP contribution in [0.3, 0.4) is 0 Å². The standard InChI is InChI=1S/C12H18O3/c1-9-5-6-11(12(7-9)14-4)15-10(2)8-13-3/h5-7,10H,8H2,1-4H3/t10-/m1/s1. The van der Waals surface area contributed by atoms with Crippen LogP contribution in [0.4, 0.5) is 0 Å². The largest absolute Gasteiger partial charge is 0.493 e. The fourth-order valence-corrected chi connectivity index (χ4v) is 1.36. The summed E-state index contributed by atoms with van der Waals surface area (Å²) in [5.74, 6) is 1.52. The second-order valence-corrected chi connectivity index (χ2v) is 3.54. The average molecular weight is 210 g/mol. The van der Waals surface area contributed by atoms with Crippen molar-refractivity contribution in [2.24, 2.45) is 0 Å². The summed E-state index contributed by atoms with van der Waals surface area (Å²) in [5.41, 5.74) is 1.15. The van der Waals surface area contributed by atoms with Crippen molar-refractivity contribution in [1.29, 1.82) is 0 Å². The number of hydrogen-bond acceptors (Lipinski definition) is 3. The van der Waals surface area contributed by atoms with E-state index in [-0.39, 0.29) is 6.10 Å². The zero-order valence-corrected chi connectivity index (χ0v) is 9.74. The van der Waals surface area contributed by atoms with Gasteiger partial charge in [-0.05, 0) is 31.5 Å². The second-order valence-electron chi connectivity index (χ2n) is 3.54. The van der Waals surface area contributed by atoms with Gasteiger partial charge in [-0.3, -0.25) is 0 Å². The molecule has 3 heteroatoms. The Morgan fingerprint density at radius 3 is 2.53 bits per heavy atom. The van der Waals surface area contributed by atoms with Crippen LogP contribution in [-0.2, 0) is 4.74 Å². The van der Waals surface area contributed by atoms with Gasteiger partial charge in [0.05, 0.1) is 13.7 Å². The van der Waals surface area contributed by atoms with E-state index in [2.05, 4.69) is 0 Å². The topological polar surface area (TPSA) is 27.7 Å². The van der Waals surface area contributed by atoms with Crippen LogP contribution in [0.5, 0.6) is 11.5 Å². The molecule has 0 saturated carbocycles. The Balaban J connectivity index is 2.75. The lowest BCUT2D eigenvalue weighted by molar-refractivity contribution is 0.0900. The molecule has 0 aliphatic carbocycles. The van der Waals surface area contributed by atoms with Crippen molar-refractivity contribution < 1.29 is 14.2 Å². The van der Waals surface area contributed by atoms with Crippen molar-refractivity contribution in [3.05, 3.63) is 23.8 Å². The molecule has 0 spiro atoms. The van der Waals surface area contributed by atoms with Gasteiger partial charge in [-0.15, -0.1) is 0 Å². The van der Waals surface area contributed by atoms with Gasteiger partial charge in [-0.25, -0.2) is 0 Å². The minimum Gasteiger partial charge on any atom is -0.493 e. The number of methoxy groups -OCH3 is 2. The molecule has 0 saturated heterocycles. The molecule has 0 radical (unpaired) electrons. The molecule has 0 aromatic heterocycles. The zero-order chi connectivity index (χ0) is 11.3. The van der Waals surface area contributed by atoms with Gasteiger partial charge in [-0.2, -0.15) is 0 Å². The Bertz CT molecular complexity index is 310. The highest BCUT2D eigenvalue weighted by Gasteiger charge is 2.08. The summed E-state index contributed by atoms with van der Waals surface area (Å²) in [6.07, 6.45) is 0.0200. The lowest BCUT2D eigenvalue weighted by Crippen LogP contribution is -2.18. The minimum absolute atomic E-state index is 0.0200. The van der Waals surface area contributed by atoms with Gasteiger partial charge < -0.3 is 14.2 Å². The molecule has 1 aromatic carbocycles. The molecule has 84 valence electrons. The van der Waals surface area contributed by atoms with E-state index in [1.807, 2.05) is 32.0 Å². The van der Waals surface area contributed by atoms with Crippen molar-refractivity contribution in [1.82, 2.24) is 0 Å². The van der Waals surface area contributed by atoms with Crippen LogP contribution in [0.25, 0.3) is 0 Å². The molecule has 0 amide bonds. The van der Waals surface area contributed by atoms with Crippen LogP contribution in [-0.4, -0.2) is 26.9 Å². The quantitative estimate of drug-likeness (QED) is 0.747. The predicted molar refractivity (Wildman–Crippen MR) is 59.7 cm³/mol. The molecule has 0 aliphatic heterocycles. The van der Waals surface area contributed by atoms with Crippen molar-refractivity contribution in [2.75, 3.05) is 20.8 Å². The molecular formula is C12H18O3. The van der Waals surface area contributed by atoms with Gasteiger partial charge in [0.2, 0.25) is 0 Å². The fourth-order valence-electron chi connectivity index (χ4n) is 1.36. The van der Waals surface area contributed by atoms with Crippen molar-refractivity contribution >= 4 is 0 Å². The first-order valence-electron chi connectivity index (χ1n) is 4.97. The summed E-state index contributed by atoms with van der Waals surface area (Å²) >= 11 is 0. The van der Waals surface area contributed by atoms with Crippen LogP contribution in [0.15, 0.2) is 18.2 Å². The highest BCUT2D eigenvalue weighted by molar-refractivity contribution is 5.42. The fraction of sp³-hybridized carbons (Fsp3) is 0.500. The van der Waals surface area contributed by atoms with Crippen LogP contribution >= 0.6 is 0 Å². The van der Waals surface area contributed by atoms with Crippen molar-refractivity contribution in [2.45, 2.75) is 20.0 Å². The van der Waals surface area contributed by atoms with Gasteiger partial charge in [-0.1, -0.05) is 6.07 Å². The summed E-state index contributed by atoms with van der Waals surface area (Å²) in [6.45, 7) is 4.55. The Morgan fingerprint density at radius 2 is 1.93 bits per heavy atom. The highest BCUT2D eigenvalue weighted by atomic mass is 16.5. The molecule has 3 nitrogen and oxygen atoms in total. The number of rotatable bonds is 5. The van der Waals surface area contributed by atoms with E-state index < -0.39 is 0 Å². The maximum Gasteiger partial charge on any atom is 0.161 e. The summed E-state index contributed by atoms with van der Waals surface area (Å²) in [4.78, 5) is 0. The third-order valence-corrected chi connectivity index (χ3v) is 2.05. The lowest BCUT2D eigenvalue weighted by atomic mass is 10.2. The van der Waals surface area contributed by atoms with E-state index in [0.29, 0.717) is 6.61 Å². The first-order chi connectivity index (χ1) is 7.17. The van der Waals surface area contributed by atoms with E-state index in [4.69, 9.17) is 14.2 Å². The number of hydrogen-bond donors (Lipinski definition) is 0. The van der Waals surface area contributed by atoms with Gasteiger partial charge in [0, 0.05) is 7.11 Å². The van der Waals surface area contributed by atoms with Gasteiger partial charge >= 0.3 is 0 Å². The smallest absolute Gasteiger partial charge is 0.161 e. The van der Waals surface area contributed by atoms with E-state index in [1.165, 1.54) is 0 Å². The Hall–Kier alpha value is -1.22. The first kappa shape index (κ1) is 11.9. The van der Waals surface area contributed by atoms with Gasteiger partial charge in [0.1, 0.15) is 6.10 Å².